The van der Waals surface area contributed by atoms with Crippen LogP contribution in [0.25, 0.3) is 0 Å². The smallest absolute Gasteiger partial charge is 0.381 e. The van der Waals surface area contributed by atoms with Crippen molar-refractivity contribution in [2.75, 3.05) is 13.2 Å². The number of nitrogens with one attached hydrogen (secondary N) is 2. The van der Waals surface area contributed by atoms with Crippen LogP contribution in [0.5, 0.6) is 0 Å². The highest BCUT2D eigenvalue weighted by molar-refractivity contribution is 5.75. The summed E-state index contributed by atoms with van der Waals surface area (Å²) in [4.78, 5) is 12.3. The molecule has 132 valence electrons. The molecule has 1 saturated heterocycles. The minimum Gasteiger partial charge on any atom is -0.381 e. The number of urea groups is 1. The number of carbonyl (C=O) groups excluding carboxylic acids is 1. The number of hydrogen-bond donors (Lipinski definition) is 2. The van der Waals surface area contributed by atoms with Crippen molar-refractivity contribution >= 4 is 6.03 Å². The Morgan fingerprint density at radius 2 is 1.78 bits per heavy atom. The highest BCUT2D eigenvalue weighted by Gasteiger charge is 2.61. The second kappa shape index (κ2) is 5.83. The van der Waals surface area contributed by atoms with Gasteiger partial charge < -0.3 is 15.4 Å². The lowest BCUT2D eigenvalue weighted by Gasteiger charge is -2.53. The van der Waals surface area contributed by atoms with E-state index in [4.69, 9.17) is 4.74 Å². The van der Waals surface area contributed by atoms with Gasteiger partial charge in [0.05, 0.1) is 12.0 Å². The molecule has 0 radical (unpaired) electrons. The van der Waals surface area contributed by atoms with Crippen molar-refractivity contribution in [2.24, 2.45) is 11.3 Å². The minimum atomic E-state index is -4.13. The molecule has 0 aromatic rings. The fourth-order valence-electron chi connectivity index (χ4n) is 4.35. The average molecular weight is 334 g/mol. The first kappa shape index (κ1) is 16.9. The highest BCUT2D eigenvalue weighted by Crippen LogP contribution is 2.59. The normalized spacial score (nSPS) is 38.3. The summed E-state index contributed by atoms with van der Waals surface area (Å²) in [5.41, 5.74) is -1.97. The molecule has 4 fully saturated rings. The Labute approximate surface area is 134 Å². The van der Waals surface area contributed by atoms with E-state index in [1.54, 1.807) is 0 Å². The van der Waals surface area contributed by atoms with Gasteiger partial charge in [-0.1, -0.05) is 0 Å². The summed E-state index contributed by atoms with van der Waals surface area (Å²) in [5, 5.41) is 5.92. The molecule has 23 heavy (non-hydrogen) atoms. The van der Waals surface area contributed by atoms with E-state index in [9.17, 15) is 18.0 Å². The van der Waals surface area contributed by atoms with Crippen molar-refractivity contribution in [3.05, 3.63) is 0 Å². The molecule has 3 aliphatic carbocycles. The van der Waals surface area contributed by atoms with Crippen LogP contribution in [0.15, 0.2) is 0 Å². The fraction of sp³-hybridized carbons (Fsp3) is 0.938. The standard InChI is InChI=1S/C16H25F3N2O2/c1-11(12-2-9-23-10-12)20-13(22)21-15-6-3-14(4-7-15,5-8-15)16(17,18)19/h11-12H,2-10H2,1H3,(H2,20,21,22)/t11-,12-,14?,15?/m1/s1. The number of amides is 2. The topological polar surface area (TPSA) is 50.4 Å². The molecule has 3 saturated carbocycles. The maximum atomic E-state index is 13.2. The summed E-state index contributed by atoms with van der Waals surface area (Å²) in [5.74, 6) is 0.314. The lowest BCUT2D eigenvalue weighted by atomic mass is 9.57. The number of fused-ring (bicyclic) bond motifs is 3. The van der Waals surface area contributed by atoms with Crippen LogP contribution in [0.4, 0.5) is 18.0 Å². The molecule has 4 rings (SSSR count). The summed E-state index contributed by atoms with van der Waals surface area (Å²) in [6, 6.07) is -0.249. The highest BCUT2D eigenvalue weighted by atomic mass is 19.4. The van der Waals surface area contributed by atoms with Gasteiger partial charge in [0, 0.05) is 24.1 Å². The molecule has 0 aromatic carbocycles. The SMILES string of the molecule is C[C@@H](NC(=O)NC12CCC(C(F)(F)F)(CC1)CC2)[C@@H]1CCOC1. The van der Waals surface area contributed by atoms with Crippen LogP contribution in [0.2, 0.25) is 0 Å². The van der Waals surface area contributed by atoms with Crippen LogP contribution in [0.3, 0.4) is 0 Å². The van der Waals surface area contributed by atoms with Gasteiger partial charge in [-0.25, -0.2) is 4.79 Å². The van der Waals surface area contributed by atoms with Gasteiger partial charge in [0.25, 0.3) is 0 Å². The van der Waals surface area contributed by atoms with Crippen LogP contribution >= 0.6 is 0 Å². The van der Waals surface area contributed by atoms with E-state index in [1.807, 2.05) is 6.92 Å². The van der Waals surface area contributed by atoms with Gasteiger partial charge >= 0.3 is 12.2 Å². The average Bonchev–Trinajstić information content (AvgIpc) is 3.01. The first-order chi connectivity index (χ1) is 10.8. The number of alkyl halides is 3. The van der Waals surface area contributed by atoms with Crippen LogP contribution in [0, 0.1) is 11.3 Å². The summed E-state index contributed by atoms with van der Waals surface area (Å²) in [6.45, 7) is 3.33. The van der Waals surface area contributed by atoms with Crippen molar-refractivity contribution in [3.8, 4) is 0 Å². The van der Waals surface area contributed by atoms with Gasteiger partial charge in [-0.2, -0.15) is 13.2 Å². The van der Waals surface area contributed by atoms with Gasteiger partial charge in [-0.3, -0.25) is 0 Å². The molecule has 0 spiro atoms. The van der Waals surface area contributed by atoms with Crippen LogP contribution in [0.1, 0.15) is 51.9 Å². The molecule has 2 N–H and O–H groups in total. The summed E-state index contributed by atoms with van der Waals surface area (Å²) < 4.78 is 45.0. The van der Waals surface area contributed by atoms with E-state index in [0.29, 0.717) is 31.8 Å². The molecular weight excluding hydrogens is 309 g/mol. The monoisotopic (exact) mass is 334 g/mol. The predicted molar refractivity (Wildman–Crippen MR) is 79.0 cm³/mol. The Morgan fingerprint density at radius 3 is 2.26 bits per heavy atom. The van der Waals surface area contributed by atoms with Crippen molar-refractivity contribution in [1.29, 1.82) is 0 Å². The van der Waals surface area contributed by atoms with Crippen LogP contribution in [-0.4, -0.2) is 37.0 Å². The Hall–Kier alpha value is -0.980. The second-order valence-corrected chi connectivity index (χ2v) is 7.57. The van der Waals surface area contributed by atoms with Gasteiger partial charge in [-0.15, -0.1) is 0 Å². The zero-order valence-corrected chi connectivity index (χ0v) is 13.5. The number of rotatable bonds is 3. The minimum absolute atomic E-state index is 0.00958. The van der Waals surface area contributed by atoms with E-state index < -0.39 is 17.1 Å². The Bertz CT molecular complexity index is 436. The third kappa shape index (κ3) is 3.16. The first-order valence-corrected chi connectivity index (χ1v) is 8.49. The third-order valence-corrected chi connectivity index (χ3v) is 6.26. The lowest BCUT2D eigenvalue weighted by molar-refractivity contribution is -0.253. The molecule has 2 bridgehead atoms. The van der Waals surface area contributed by atoms with Gasteiger partial charge in [0.15, 0.2) is 0 Å². The van der Waals surface area contributed by atoms with Gasteiger partial charge in [0.1, 0.15) is 0 Å². The Balaban J connectivity index is 1.54. The van der Waals surface area contributed by atoms with E-state index in [0.717, 1.165) is 13.0 Å². The molecule has 4 aliphatic rings. The van der Waals surface area contributed by atoms with Crippen LogP contribution in [-0.2, 0) is 4.74 Å². The number of ether oxygens (including phenoxy) is 1. The quantitative estimate of drug-likeness (QED) is 0.831. The molecule has 0 unspecified atom stereocenters. The molecule has 2 amide bonds. The third-order valence-electron chi connectivity index (χ3n) is 6.26. The summed E-state index contributed by atoms with van der Waals surface area (Å²) >= 11 is 0. The number of carbonyl (C=O) groups is 1. The number of halogens is 3. The molecule has 7 heteroatoms. The van der Waals surface area contributed by atoms with Gasteiger partial charge in [-0.05, 0) is 51.9 Å². The largest absolute Gasteiger partial charge is 0.394 e. The lowest BCUT2D eigenvalue weighted by Crippen LogP contribution is -2.62. The van der Waals surface area contributed by atoms with Crippen molar-refractivity contribution in [1.82, 2.24) is 10.6 Å². The second-order valence-electron chi connectivity index (χ2n) is 7.57. The maximum Gasteiger partial charge on any atom is 0.394 e. The summed E-state index contributed by atoms with van der Waals surface area (Å²) in [6.07, 6.45) is -1.56. The molecular formula is C16H25F3N2O2. The Morgan fingerprint density at radius 1 is 1.17 bits per heavy atom. The molecule has 1 heterocycles. The first-order valence-electron chi connectivity index (χ1n) is 8.49. The van der Waals surface area contributed by atoms with E-state index >= 15 is 0 Å². The fourth-order valence-corrected chi connectivity index (χ4v) is 4.35. The zero-order chi connectivity index (χ0) is 16.7. The summed E-state index contributed by atoms with van der Waals surface area (Å²) in [7, 11) is 0. The van der Waals surface area contributed by atoms with E-state index in [1.165, 1.54) is 0 Å². The van der Waals surface area contributed by atoms with Crippen LogP contribution < -0.4 is 10.6 Å². The maximum absolute atomic E-state index is 13.2. The number of hydrogen-bond acceptors (Lipinski definition) is 2. The zero-order valence-electron chi connectivity index (χ0n) is 13.5. The predicted octanol–water partition coefficient (Wildman–Crippen LogP) is 3.37. The molecule has 0 aromatic heterocycles. The molecule has 1 aliphatic heterocycles. The molecule has 2 atom stereocenters. The van der Waals surface area contributed by atoms with Crippen molar-refractivity contribution in [3.63, 3.8) is 0 Å². The van der Waals surface area contributed by atoms with Gasteiger partial charge in [0.2, 0.25) is 0 Å². The molecule has 4 nitrogen and oxygen atoms in total. The van der Waals surface area contributed by atoms with E-state index in [-0.39, 0.29) is 31.3 Å². The van der Waals surface area contributed by atoms with E-state index in [2.05, 4.69) is 10.6 Å². The Kier molecular flexibility index (Phi) is 4.27. The van der Waals surface area contributed by atoms with Crippen molar-refractivity contribution < 1.29 is 22.7 Å². The van der Waals surface area contributed by atoms with Crippen molar-refractivity contribution in [2.45, 2.75) is 69.6 Å².